The van der Waals surface area contributed by atoms with Crippen LogP contribution in [0.5, 0.6) is 0 Å². The summed E-state index contributed by atoms with van der Waals surface area (Å²) in [6, 6.07) is 8.44. The molecule has 1 amide bonds. The molecular weight excluding hydrogens is 244 g/mol. The Kier molecular flexibility index (Phi) is 4.18. The zero-order valence-electron chi connectivity index (χ0n) is 10.7. The maximum Gasteiger partial charge on any atom is 0.250 e. The van der Waals surface area contributed by atoms with Gasteiger partial charge < -0.3 is 14.3 Å². The van der Waals surface area contributed by atoms with E-state index in [-0.39, 0.29) is 24.1 Å². The highest BCUT2D eigenvalue weighted by molar-refractivity contribution is 5.76. The molecule has 0 fully saturated rings. The summed E-state index contributed by atoms with van der Waals surface area (Å²) < 4.78 is 6.59. The van der Waals surface area contributed by atoms with Gasteiger partial charge in [-0.25, -0.2) is 0 Å². The number of amides is 1. The summed E-state index contributed by atoms with van der Waals surface area (Å²) in [5, 5.41) is 2.84. The van der Waals surface area contributed by atoms with Crippen LogP contribution < -0.4 is 10.9 Å². The molecule has 5 heteroatoms. The van der Waals surface area contributed by atoms with Crippen LogP contribution in [0.4, 0.5) is 0 Å². The molecule has 0 spiro atoms. The van der Waals surface area contributed by atoms with Crippen molar-refractivity contribution in [3.63, 3.8) is 0 Å². The van der Waals surface area contributed by atoms with Crippen molar-refractivity contribution in [3.8, 4) is 0 Å². The Morgan fingerprint density at radius 3 is 2.89 bits per heavy atom. The van der Waals surface area contributed by atoms with Crippen LogP contribution in [0.3, 0.4) is 0 Å². The molecule has 2 aromatic heterocycles. The largest absolute Gasteiger partial charge is 0.469 e. The molecule has 0 aliphatic rings. The Morgan fingerprint density at radius 2 is 2.21 bits per heavy atom. The van der Waals surface area contributed by atoms with Gasteiger partial charge in [0.1, 0.15) is 12.3 Å². The Morgan fingerprint density at radius 1 is 1.37 bits per heavy atom. The van der Waals surface area contributed by atoms with Crippen LogP contribution in [0.25, 0.3) is 0 Å². The van der Waals surface area contributed by atoms with Crippen molar-refractivity contribution in [1.29, 1.82) is 0 Å². The summed E-state index contributed by atoms with van der Waals surface area (Å²) in [6.07, 6.45) is 3.83. The van der Waals surface area contributed by atoms with Gasteiger partial charge in [0.15, 0.2) is 0 Å². The van der Waals surface area contributed by atoms with Gasteiger partial charge in [-0.15, -0.1) is 0 Å². The highest BCUT2D eigenvalue weighted by Crippen LogP contribution is 2.03. The van der Waals surface area contributed by atoms with Gasteiger partial charge in [-0.1, -0.05) is 6.07 Å². The summed E-state index contributed by atoms with van der Waals surface area (Å²) in [4.78, 5) is 23.3. The molecule has 0 bridgehead atoms. The van der Waals surface area contributed by atoms with Crippen LogP contribution in [0, 0.1) is 0 Å². The van der Waals surface area contributed by atoms with Crippen LogP contribution in [0.1, 0.15) is 12.7 Å². The van der Waals surface area contributed by atoms with Gasteiger partial charge in [-0.05, 0) is 25.1 Å². The Balaban J connectivity index is 1.87. The third kappa shape index (κ3) is 3.84. The lowest BCUT2D eigenvalue weighted by atomic mass is 10.2. The molecule has 0 unspecified atom stereocenters. The number of nitrogens with one attached hydrogen (secondary N) is 1. The van der Waals surface area contributed by atoms with Gasteiger partial charge in [0.2, 0.25) is 5.91 Å². The second kappa shape index (κ2) is 6.04. The molecule has 0 radical (unpaired) electrons. The zero-order chi connectivity index (χ0) is 13.7. The molecule has 0 aromatic carbocycles. The minimum atomic E-state index is -0.188. The lowest BCUT2D eigenvalue weighted by Crippen LogP contribution is -2.38. The van der Waals surface area contributed by atoms with E-state index in [1.54, 1.807) is 24.6 Å². The highest BCUT2D eigenvalue weighted by atomic mass is 16.3. The summed E-state index contributed by atoms with van der Waals surface area (Å²) in [5.74, 6) is 0.636. The Labute approximate surface area is 110 Å². The predicted molar refractivity (Wildman–Crippen MR) is 70.7 cm³/mol. The Bertz CT molecular complexity index is 587. The number of nitrogens with zero attached hydrogens (tertiary/aromatic N) is 1. The van der Waals surface area contributed by atoms with Gasteiger partial charge >= 0.3 is 0 Å². The van der Waals surface area contributed by atoms with Crippen LogP contribution in [0.15, 0.2) is 52.0 Å². The molecule has 2 aromatic rings. The smallest absolute Gasteiger partial charge is 0.250 e. The van der Waals surface area contributed by atoms with E-state index in [0.29, 0.717) is 6.42 Å². The first kappa shape index (κ1) is 13.1. The van der Waals surface area contributed by atoms with E-state index in [1.165, 1.54) is 10.6 Å². The van der Waals surface area contributed by atoms with E-state index >= 15 is 0 Å². The first-order valence-corrected chi connectivity index (χ1v) is 6.12. The molecular formula is C14H16N2O3. The zero-order valence-corrected chi connectivity index (χ0v) is 10.7. The first-order chi connectivity index (χ1) is 9.15. The van der Waals surface area contributed by atoms with Crippen molar-refractivity contribution >= 4 is 5.91 Å². The maximum absolute atomic E-state index is 11.8. The second-order valence-corrected chi connectivity index (χ2v) is 4.42. The highest BCUT2D eigenvalue weighted by Gasteiger charge is 2.10. The predicted octanol–water partition coefficient (Wildman–Crippen LogP) is 1.19. The lowest BCUT2D eigenvalue weighted by Gasteiger charge is -2.13. The maximum atomic E-state index is 11.8. The standard InChI is InChI=1S/C14H16N2O3/c1-11(9-12-5-4-8-19-12)15-13(17)10-16-7-3-2-6-14(16)18/h2-8,11H,9-10H2,1H3,(H,15,17)/t11-/m0/s1. The summed E-state index contributed by atoms with van der Waals surface area (Å²) >= 11 is 0. The average molecular weight is 260 g/mol. The molecule has 1 atom stereocenters. The number of hydrogen-bond donors (Lipinski definition) is 1. The number of rotatable bonds is 5. The molecule has 0 aliphatic heterocycles. The second-order valence-electron chi connectivity index (χ2n) is 4.42. The molecule has 2 heterocycles. The van der Waals surface area contributed by atoms with Crippen molar-refractivity contribution in [2.45, 2.75) is 25.9 Å². The monoisotopic (exact) mass is 260 g/mol. The van der Waals surface area contributed by atoms with E-state index in [9.17, 15) is 9.59 Å². The van der Waals surface area contributed by atoms with Gasteiger partial charge in [-0.3, -0.25) is 9.59 Å². The fourth-order valence-corrected chi connectivity index (χ4v) is 1.85. The van der Waals surface area contributed by atoms with Gasteiger partial charge in [-0.2, -0.15) is 0 Å². The van der Waals surface area contributed by atoms with Gasteiger partial charge in [0.25, 0.3) is 5.56 Å². The van der Waals surface area contributed by atoms with E-state index in [2.05, 4.69) is 5.32 Å². The van der Waals surface area contributed by atoms with E-state index in [1.807, 2.05) is 19.1 Å². The van der Waals surface area contributed by atoms with E-state index in [4.69, 9.17) is 4.42 Å². The fourth-order valence-electron chi connectivity index (χ4n) is 1.85. The molecule has 0 aliphatic carbocycles. The summed E-state index contributed by atoms with van der Waals surface area (Å²) in [7, 11) is 0. The van der Waals surface area contributed by atoms with Crippen molar-refractivity contribution in [1.82, 2.24) is 9.88 Å². The number of furan rings is 1. The quantitative estimate of drug-likeness (QED) is 0.878. The number of carbonyl (C=O) groups is 1. The van der Waals surface area contributed by atoms with Gasteiger partial charge in [0, 0.05) is 24.7 Å². The van der Waals surface area contributed by atoms with Crippen molar-refractivity contribution < 1.29 is 9.21 Å². The molecule has 0 saturated heterocycles. The van der Waals surface area contributed by atoms with Crippen LogP contribution in [-0.2, 0) is 17.8 Å². The average Bonchev–Trinajstić information content (AvgIpc) is 2.84. The molecule has 2 rings (SSSR count). The third-order valence-electron chi connectivity index (χ3n) is 2.71. The third-order valence-corrected chi connectivity index (χ3v) is 2.71. The topological polar surface area (TPSA) is 64.2 Å². The van der Waals surface area contributed by atoms with Crippen molar-refractivity contribution in [2.24, 2.45) is 0 Å². The molecule has 5 nitrogen and oxygen atoms in total. The minimum Gasteiger partial charge on any atom is -0.469 e. The van der Waals surface area contributed by atoms with Crippen molar-refractivity contribution in [2.75, 3.05) is 0 Å². The summed E-state index contributed by atoms with van der Waals surface area (Å²) in [6.45, 7) is 1.93. The van der Waals surface area contributed by atoms with Crippen LogP contribution in [0.2, 0.25) is 0 Å². The Hall–Kier alpha value is -2.30. The van der Waals surface area contributed by atoms with Crippen LogP contribution >= 0.6 is 0 Å². The SMILES string of the molecule is C[C@@H](Cc1ccco1)NC(=O)Cn1ccccc1=O. The van der Waals surface area contributed by atoms with E-state index < -0.39 is 0 Å². The van der Waals surface area contributed by atoms with Crippen molar-refractivity contribution in [3.05, 3.63) is 58.9 Å². The normalized spacial score (nSPS) is 12.1. The number of hydrogen-bond acceptors (Lipinski definition) is 3. The molecule has 100 valence electrons. The first-order valence-electron chi connectivity index (χ1n) is 6.12. The fraction of sp³-hybridized carbons (Fsp3) is 0.286. The van der Waals surface area contributed by atoms with Crippen LogP contribution in [-0.4, -0.2) is 16.5 Å². The molecule has 0 saturated carbocycles. The number of aromatic nitrogens is 1. The molecule has 19 heavy (non-hydrogen) atoms. The minimum absolute atomic E-state index is 0.0299. The number of carbonyl (C=O) groups excluding carboxylic acids is 1. The lowest BCUT2D eigenvalue weighted by molar-refractivity contribution is -0.122. The summed E-state index contributed by atoms with van der Waals surface area (Å²) in [5.41, 5.74) is -0.184. The number of pyridine rings is 1. The van der Waals surface area contributed by atoms with E-state index in [0.717, 1.165) is 5.76 Å². The molecule has 1 N–H and O–H groups in total. The van der Waals surface area contributed by atoms with Gasteiger partial charge in [0.05, 0.1) is 6.26 Å².